The highest BCUT2D eigenvalue weighted by molar-refractivity contribution is 6.38. The normalized spacial score (nSPS) is 10.7. The molecule has 3 rings (SSSR count). The molecule has 2 aromatic carbocycles. The highest BCUT2D eigenvalue weighted by atomic mass is 35.5. The van der Waals surface area contributed by atoms with Crippen LogP contribution < -0.4 is 10.9 Å². The molecule has 0 spiro atoms. The average Bonchev–Trinajstić information content (AvgIpc) is 2.54. The third-order valence-electron chi connectivity index (χ3n) is 3.58. The van der Waals surface area contributed by atoms with E-state index >= 15 is 0 Å². The monoisotopic (exact) mass is 346 g/mol. The highest BCUT2D eigenvalue weighted by Gasteiger charge is 2.16. The fourth-order valence-electron chi connectivity index (χ4n) is 2.48. The standard InChI is InChI=1S/C17H12Cl2N2O2/c1-20-17(23)13-8-9(18)2-3-10(13)11-4-6-14-12(16(11)19)5-7-15(22)21-14/h2-8H,1H3,(H,20,23)(H,21,22). The number of H-pyrrole nitrogens is 1. The van der Waals surface area contributed by atoms with Crippen LogP contribution in [-0.4, -0.2) is 17.9 Å². The minimum absolute atomic E-state index is 0.196. The molecular formula is C17H12Cl2N2O2. The van der Waals surface area contributed by atoms with E-state index in [0.29, 0.717) is 37.6 Å². The Balaban J connectivity index is 2.29. The smallest absolute Gasteiger partial charge is 0.251 e. The van der Waals surface area contributed by atoms with Crippen LogP contribution in [0.4, 0.5) is 0 Å². The van der Waals surface area contributed by atoms with E-state index in [1.54, 1.807) is 43.4 Å². The number of nitrogens with one attached hydrogen (secondary N) is 2. The summed E-state index contributed by atoms with van der Waals surface area (Å²) in [7, 11) is 1.56. The molecule has 0 aliphatic rings. The van der Waals surface area contributed by atoms with E-state index in [2.05, 4.69) is 10.3 Å². The Morgan fingerprint density at radius 2 is 1.78 bits per heavy atom. The third-order valence-corrected chi connectivity index (χ3v) is 4.22. The summed E-state index contributed by atoms with van der Waals surface area (Å²) < 4.78 is 0. The number of hydrogen-bond acceptors (Lipinski definition) is 2. The van der Waals surface area contributed by atoms with E-state index in [4.69, 9.17) is 23.2 Å². The van der Waals surface area contributed by atoms with E-state index in [1.807, 2.05) is 0 Å². The number of aromatic nitrogens is 1. The summed E-state index contributed by atoms with van der Waals surface area (Å²) in [5, 5.41) is 4.23. The fourth-order valence-corrected chi connectivity index (χ4v) is 2.98. The van der Waals surface area contributed by atoms with Crippen molar-refractivity contribution in [2.45, 2.75) is 0 Å². The van der Waals surface area contributed by atoms with Gasteiger partial charge in [0, 0.05) is 40.2 Å². The maximum Gasteiger partial charge on any atom is 0.251 e. The molecule has 0 bridgehead atoms. The summed E-state index contributed by atoms with van der Waals surface area (Å²) in [6.45, 7) is 0. The second-order valence-corrected chi connectivity index (χ2v) is 5.79. The molecule has 1 amide bonds. The molecule has 0 radical (unpaired) electrons. The average molecular weight is 347 g/mol. The van der Waals surface area contributed by atoms with E-state index in [1.165, 1.54) is 6.07 Å². The zero-order valence-electron chi connectivity index (χ0n) is 12.1. The Kier molecular flexibility index (Phi) is 4.11. The SMILES string of the molecule is CNC(=O)c1cc(Cl)ccc1-c1ccc2[nH]c(=O)ccc2c1Cl. The summed E-state index contributed by atoms with van der Waals surface area (Å²) in [6.07, 6.45) is 0. The van der Waals surface area contributed by atoms with Crippen LogP contribution in [0.15, 0.2) is 47.3 Å². The Bertz CT molecular complexity index is 980. The van der Waals surface area contributed by atoms with Crippen LogP contribution in [0.3, 0.4) is 0 Å². The zero-order valence-corrected chi connectivity index (χ0v) is 13.6. The minimum atomic E-state index is -0.250. The van der Waals surface area contributed by atoms with Crippen LogP contribution in [0, 0.1) is 0 Å². The number of rotatable bonds is 2. The van der Waals surface area contributed by atoms with Crippen molar-refractivity contribution in [3.63, 3.8) is 0 Å². The Labute approximate surface area is 142 Å². The van der Waals surface area contributed by atoms with E-state index in [9.17, 15) is 9.59 Å². The molecular weight excluding hydrogens is 335 g/mol. The number of carbonyl (C=O) groups is 1. The molecule has 0 saturated heterocycles. The Morgan fingerprint density at radius 1 is 1.04 bits per heavy atom. The molecule has 0 unspecified atom stereocenters. The fraction of sp³-hybridized carbons (Fsp3) is 0.0588. The molecule has 116 valence electrons. The van der Waals surface area contributed by atoms with E-state index in [-0.39, 0.29) is 11.5 Å². The van der Waals surface area contributed by atoms with Crippen LogP contribution in [0.25, 0.3) is 22.0 Å². The quantitative estimate of drug-likeness (QED) is 0.739. The summed E-state index contributed by atoms with van der Waals surface area (Å²) in [5.41, 5.74) is 2.25. The van der Waals surface area contributed by atoms with Gasteiger partial charge in [-0.3, -0.25) is 9.59 Å². The predicted octanol–water partition coefficient (Wildman–Crippen LogP) is 3.86. The summed E-state index contributed by atoms with van der Waals surface area (Å²) in [5.74, 6) is -0.250. The van der Waals surface area contributed by atoms with Gasteiger partial charge in [0.25, 0.3) is 5.91 Å². The number of aromatic amines is 1. The van der Waals surface area contributed by atoms with Crippen molar-refractivity contribution in [3.8, 4) is 11.1 Å². The third kappa shape index (κ3) is 2.83. The summed E-state index contributed by atoms with van der Waals surface area (Å²) in [6, 6.07) is 11.7. The summed E-state index contributed by atoms with van der Waals surface area (Å²) >= 11 is 12.5. The molecule has 3 aromatic rings. The lowest BCUT2D eigenvalue weighted by Crippen LogP contribution is -2.18. The molecule has 1 aromatic heterocycles. The number of amides is 1. The number of hydrogen-bond donors (Lipinski definition) is 2. The molecule has 2 N–H and O–H groups in total. The van der Waals surface area contributed by atoms with Gasteiger partial charge in [-0.05, 0) is 29.8 Å². The molecule has 4 nitrogen and oxygen atoms in total. The number of halogens is 2. The number of pyridine rings is 1. The molecule has 1 heterocycles. The van der Waals surface area contributed by atoms with Crippen molar-refractivity contribution < 1.29 is 4.79 Å². The molecule has 0 aliphatic carbocycles. The van der Waals surface area contributed by atoms with Gasteiger partial charge in [0.1, 0.15) is 0 Å². The first-order chi connectivity index (χ1) is 11.0. The van der Waals surface area contributed by atoms with Gasteiger partial charge in [-0.2, -0.15) is 0 Å². The van der Waals surface area contributed by atoms with Crippen molar-refractivity contribution >= 4 is 40.0 Å². The van der Waals surface area contributed by atoms with Crippen LogP contribution in [-0.2, 0) is 0 Å². The van der Waals surface area contributed by atoms with Gasteiger partial charge in [-0.15, -0.1) is 0 Å². The molecule has 23 heavy (non-hydrogen) atoms. The second-order valence-electron chi connectivity index (χ2n) is 4.98. The minimum Gasteiger partial charge on any atom is -0.355 e. The van der Waals surface area contributed by atoms with E-state index in [0.717, 1.165) is 0 Å². The van der Waals surface area contributed by atoms with Gasteiger partial charge in [-0.25, -0.2) is 0 Å². The molecule has 6 heteroatoms. The number of carbonyl (C=O) groups excluding carboxylic acids is 1. The van der Waals surface area contributed by atoms with Crippen LogP contribution >= 0.6 is 23.2 Å². The van der Waals surface area contributed by atoms with Gasteiger partial charge in [0.15, 0.2) is 0 Å². The predicted molar refractivity (Wildman–Crippen MR) is 93.4 cm³/mol. The molecule has 0 saturated carbocycles. The molecule has 0 fully saturated rings. The lowest BCUT2D eigenvalue weighted by molar-refractivity contribution is 0.0963. The van der Waals surface area contributed by atoms with Gasteiger partial charge in [0.05, 0.1) is 5.02 Å². The van der Waals surface area contributed by atoms with Crippen molar-refractivity contribution in [1.82, 2.24) is 10.3 Å². The van der Waals surface area contributed by atoms with E-state index < -0.39 is 0 Å². The Morgan fingerprint density at radius 3 is 2.52 bits per heavy atom. The maximum atomic E-state index is 12.1. The van der Waals surface area contributed by atoms with Gasteiger partial charge in [0.2, 0.25) is 5.56 Å². The van der Waals surface area contributed by atoms with Crippen molar-refractivity contribution in [2.24, 2.45) is 0 Å². The van der Waals surface area contributed by atoms with Crippen molar-refractivity contribution in [1.29, 1.82) is 0 Å². The largest absolute Gasteiger partial charge is 0.355 e. The highest BCUT2D eigenvalue weighted by Crippen LogP contribution is 2.36. The zero-order chi connectivity index (χ0) is 16.6. The summed E-state index contributed by atoms with van der Waals surface area (Å²) in [4.78, 5) is 26.2. The van der Waals surface area contributed by atoms with Crippen LogP contribution in [0.2, 0.25) is 10.0 Å². The maximum absolute atomic E-state index is 12.1. The molecule has 0 atom stereocenters. The van der Waals surface area contributed by atoms with Crippen LogP contribution in [0.1, 0.15) is 10.4 Å². The molecule has 0 aliphatic heterocycles. The van der Waals surface area contributed by atoms with Crippen molar-refractivity contribution in [2.75, 3.05) is 7.05 Å². The van der Waals surface area contributed by atoms with Crippen molar-refractivity contribution in [3.05, 3.63) is 68.4 Å². The first-order valence-electron chi connectivity index (χ1n) is 6.85. The second kappa shape index (κ2) is 6.07. The number of benzene rings is 2. The van der Waals surface area contributed by atoms with Crippen LogP contribution in [0.5, 0.6) is 0 Å². The van der Waals surface area contributed by atoms with Gasteiger partial charge >= 0.3 is 0 Å². The van der Waals surface area contributed by atoms with Gasteiger partial charge < -0.3 is 10.3 Å². The first kappa shape index (κ1) is 15.6. The Hall–Kier alpha value is -2.30. The van der Waals surface area contributed by atoms with Gasteiger partial charge in [-0.1, -0.05) is 35.3 Å². The lowest BCUT2D eigenvalue weighted by Gasteiger charge is -2.12. The topological polar surface area (TPSA) is 62.0 Å². The lowest BCUT2D eigenvalue weighted by atomic mass is 9.97. The number of fused-ring (bicyclic) bond motifs is 1. The first-order valence-corrected chi connectivity index (χ1v) is 7.60.